The highest BCUT2D eigenvalue weighted by atomic mass is 16.2. The van der Waals surface area contributed by atoms with Gasteiger partial charge in [-0.1, -0.05) is 13.8 Å². The van der Waals surface area contributed by atoms with Crippen LogP contribution in [0.25, 0.3) is 0 Å². The number of amides is 1. The zero-order valence-electron chi connectivity index (χ0n) is 14.7. The van der Waals surface area contributed by atoms with Gasteiger partial charge < -0.3 is 16.0 Å². The first kappa shape index (κ1) is 17.6. The second-order valence-corrected chi connectivity index (χ2v) is 6.23. The minimum Gasteiger partial charge on any atom is -0.368 e. The summed E-state index contributed by atoms with van der Waals surface area (Å²) < 4.78 is 1.58. The Hall–Kier alpha value is -2.71. The first-order chi connectivity index (χ1) is 11.3. The molecule has 0 unspecified atom stereocenters. The molecule has 0 saturated heterocycles. The molecule has 2 rings (SSSR count). The zero-order chi connectivity index (χ0) is 17.9. The van der Waals surface area contributed by atoms with E-state index < -0.39 is 0 Å². The molecule has 9 heteroatoms. The molecule has 1 amide bonds. The Kier molecular flexibility index (Phi) is 5.32. The maximum atomic E-state index is 12.4. The lowest BCUT2D eigenvalue weighted by Crippen LogP contribution is -2.27. The maximum Gasteiger partial charge on any atom is 0.269 e. The number of nitrogens with zero attached hydrogens (tertiary/aromatic N) is 6. The molecule has 130 valence electrons. The molecule has 9 nitrogen and oxygen atoms in total. The van der Waals surface area contributed by atoms with Crippen LogP contribution >= 0.6 is 0 Å². The van der Waals surface area contributed by atoms with E-state index >= 15 is 0 Å². The summed E-state index contributed by atoms with van der Waals surface area (Å²) in [6.07, 6.45) is 0.831. The zero-order valence-corrected chi connectivity index (χ0v) is 14.7. The standard InChI is InChI=1S/C15H24N8O/c1-9(2)6-10-7-11(23(5)21-10)13(24)17-8-12-18-14(16)20-15(19-12)22(3)4/h7,9H,6,8H2,1-5H3,(H,17,24)(H2,16,18,19,20). The molecule has 0 aliphatic rings. The van der Waals surface area contributed by atoms with Gasteiger partial charge in [0.25, 0.3) is 5.91 Å². The highest BCUT2D eigenvalue weighted by Crippen LogP contribution is 2.09. The van der Waals surface area contributed by atoms with E-state index in [9.17, 15) is 4.79 Å². The van der Waals surface area contributed by atoms with Crippen LogP contribution in [0.1, 0.15) is 35.9 Å². The summed E-state index contributed by atoms with van der Waals surface area (Å²) in [6, 6.07) is 1.81. The van der Waals surface area contributed by atoms with E-state index in [-0.39, 0.29) is 18.4 Å². The minimum atomic E-state index is -0.231. The van der Waals surface area contributed by atoms with Gasteiger partial charge in [0.15, 0.2) is 5.82 Å². The van der Waals surface area contributed by atoms with Crippen LogP contribution in [0.4, 0.5) is 11.9 Å². The van der Waals surface area contributed by atoms with Crippen LogP contribution in [0.2, 0.25) is 0 Å². The average Bonchev–Trinajstić information content (AvgIpc) is 2.84. The van der Waals surface area contributed by atoms with E-state index in [1.807, 2.05) is 20.2 Å². The van der Waals surface area contributed by atoms with Crippen LogP contribution < -0.4 is 16.0 Å². The number of hydrogen-bond donors (Lipinski definition) is 2. The van der Waals surface area contributed by atoms with Crippen LogP contribution in [0.5, 0.6) is 0 Å². The molecule has 0 radical (unpaired) electrons. The van der Waals surface area contributed by atoms with Crippen molar-refractivity contribution in [3.63, 3.8) is 0 Å². The summed E-state index contributed by atoms with van der Waals surface area (Å²) in [5.41, 5.74) is 7.07. The van der Waals surface area contributed by atoms with Gasteiger partial charge >= 0.3 is 0 Å². The largest absolute Gasteiger partial charge is 0.368 e. The Morgan fingerprint density at radius 1 is 1.33 bits per heavy atom. The van der Waals surface area contributed by atoms with Crippen molar-refractivity contribution in [3.8, 4) is 0 Å². The molecule has 0 aliphatic heterocycles. The smallest absolute Gasteiger partial charge is 0.269 e. The van der Waals surface area contributed by atoms with Gasteiger partial charge in [-0.2, -0.15) is 20.1 Å². The molecule has 0 atom stereocenters. The van der Waals surface area contributed by atoms with E-state index in [1.165, 1.54) is 0 Å². The summed E-state index contributed by atoms with van der Waals surface area (Å²) in [7, 11) is 5.37. The van der Waals surface area contributed by atoms with Gasteiger partial charge in [-0.25, -0.2) is 0 Å². The van der Waals surface area contributed by atoms with Gasteiger partial charge in [0, 0.05) is 21.1 Å². The number of carbonyl (C=O) groups is 1. The highest BCUT2D eigenvalue weighted by Gasteiger charge is 2.15. The number of aryl methyl sites for hydroxylation is 1. The van der Waals surface area contributed by atoms with Crippen LogP contribution in [-0.4, -0.2) is 44.7 Å². The lowest BCUT2D eigenvalue weighted by Gasteiger charge is -2.11. The van der Waals surface area contributed by atoms with Crippen LogP contribution in [0.15, 0.2) is 6.07 Å². The molecule has 3 N–H and O–H groups in total. The topological polar surface area (TPSA) is 115 Å². The number of hydrogen-bond acceptors (Lipinski definition) is 7. The average molecular weight is 332 g/mol. The lowest BCUT2D eigenvalue weighted by molar-refractivity contribution is 0.0940. The van der Waals surface area contributed by atoms with E-state index in [0.29, 0.717) is 23.4 Å². The van der Waals surface area contributed by atoms with Crippen molar-refractivity contribution < 1.29 is 4.79 Å². The number of aromatic nitrogens is 5. The monoisotopic (exact) mass is 332 g/mol. The predicted octanol–water partition coefficient (Wildman–Crippen LogP) is 0.382. The SMILES string of the molecule is CC(C)Cc1cc(C(=O)NCc2nc(N)nc(N(C)C)n2)n(C)n1. The Balaban J connectivity index is 2.07. The number of rotatable bonds is 6. The molecule has 0 saturated carbocycles. The fourth-order valence-electron chi connectivity index (χ4n) is 2.21. The third-order valence-corrected chi connectivity index (χ3v) is 3.27. The number of nitrogens with one attached hydrogen (secondary N) is 1. The minimum absolute atomic E-state index is 0.123. The summed E-state index contributed by atoms with van der Waals surface area (Å²) in [5.74, 6) is 1.23. The molecule has 0 aliphatic carbocycles. The van der Waals surface area contributed by atoms with Crippen molar-refractivity contribution >= 4 is 17.8 Å². The van der Waals surface area contributed by atoms with Crippen LogP contribution in [0, 0.1) is 5.92 Å². The van der Waals surface area contributed by atoms with Gasteiger partial charge in [-0.05, 0) is 18.4 Å². The van der Waals surface area contributed by atoms with E-state index in [1.54, 1.807) is 16.6 Å². The Morgan fingerprint density at radius 3 is 2.67 bits per heavy atom. The van der Waals surface area contributed by atoms with Crippen molar-refractivity contribution in [1.29, 1.82) is 0 Å². The van der Waals surface area contributed by atoms with Crippen molar-refractivity contribution in [3.05, 3.63) is 23.3 Å². The van der Waals surface area contributed by atoms with E-state index in [2.05, 4.69) is 39.2 Å². The summed E-state index contributed by atoms with van der Waals surface area (Å²) >= 11 is 0. The molecular weight excluding hydrogens is 308 g/mol. The van der Waals surface area contributed by atoms with Crippen molar-refractivity contribution in [2.24, 2.45) is 13.0 Å². The fraction of sp³-hybridized carbons (Fsp3) is 0.533. The van der Waals surface area contributed by atoms with Crippen molar-refractivity contribution in [2.75, 3.05) is 24.7 Å². The Bertz CT molecular complexity index is 722. The number of anilines is 2. The predicted molar refractivity (Wildman–Crippen MR) is 91.5 cm³/mol. The second-order valence-electron chi connectivity index (χ2n) is 6.23. The molecule has 2 heterocycles. The number of nitrogens with two attached hydrogens (primary N) is 1. The van der Waals surface area contributed by atoms with Gasteiger partial charge in [-0.15, -0.1) is 0 Å². The molecule has 0 spiro atoms. The Morgan fingerprint density at radius 2 is 2.04 bits per heavy atom. The molecular formula is C15H24N8O. The molecule has 2 aromatic rings. The summed E-state index contributed by atoms with van der Waals surface area (Å²) in [6.45, 7) is 4.39. The first-order valence-corrected chi connectivity index (χ1v) is 7.75. The molecule has 0 aromatic carbocycles. The summed E-state index contributed by atoms with van der Waals surface area (Å²) in [4.78, 5) is 26.4. The normalized spacial score (nSPS) is 10.9. The van der Waals surface area contributed by atoms with Crippen LogP contribution in [-0.2, 0) is 20.0 Å². The summed E-state index contributed by atoms with van der Waals surface area (Å²) in [5, 5.41) is 7.16. The number of carbonyl (C=O) groups excluding carboxylic acids is 1. The molecule has 0 bridgehead atoms. The van der Waals surface area contributed by atoms with Crippen LogP contribution in [0.3, 0.4) is 0 Å². The fourth-order valence-corrected chi connectivity index (χ4v) is 2.21. The van der Waals surface area contributed by atoms with Crippen molar-refractivity contribution in [2.45, 2.75) is 26.8 Å². The van der Waals surface area contributed by atoms with Gasteiger partial charge in [0.1, 0.15) is 5.69 Å². The molecule has 0 fully saturated rings. The molecule has 2 aromatic heterocycles. The lowest BCUT2D eigenvalue weighted by atomic mass is 10.1. The van der Waals surface area contributed by atoms with Gasteiger partial charge in [-0.3, -0.25) is 9.48 Å². The third-order valence-electron chi connectivity index (χ3n) is 3.27. The van der Waals surface area contributed by atoms with Crippen molar-refractivity contribution in [1.82, 2.24) is 30.0 Å². The first-order valence-electron chi connectivity index (χ1n) is 7.75. The quantitative estimate of drug-likeness (QED) is 0.786. The van der Waals surface area contributed by atoms with E-state index in [4.69, 9.17) is 5.73 Å². The molecule has 24 heavy (non-hydrogen) atoms. The third kappa shape index (κ3) is 4.40. The maximum absolute atomic E-state index is 12.4. The van der Waals surface area contributed by atoms with E-state index in [0.717, 1.165) is 12.1 Å². The second kappa shape index (κ2) is 7.24. The highest BCUT2D eigenvalue weighted by molar-refractivity contribution is 5.92. The number of nitrogen functional groups attached to an aromatic ring is 1. The van der Waals surface area contributed by atoms with Gasteiger partial charge in [0.05, 0.1) is 12.2 Å². The van der Waals surface area contributed by atoms with Gasteiger partial charge in [0.2, 0.25) is 11.9 Å². The Labute approximate surface area is 141 Å².